The third-order valence-corrected chi connectivity index (χ3v) is 4.93. The van der Waals surface area contributed by atoms with E-state index in [1.165, 1.54) is 63.4 Å². The lowest BCUT2D eigenvalue weighted by Gasteiger charge is -2.18. The second-order valence-electron chi connectivity index (χ2n) is 6.20. The summed E-state index contributed by atoms with van der Waals surface area (Å²) < 4.78 is 0. The molecular formula is C17H25N. The zero-order valence-electron chi connectivity index (χ0n) is 11.3. The average Bonchev–Trinajstić information content (AvgIpc) is 3.05. The predicted molar refractivity (Wildman–Crippen MR) is 76.7 cm³/mol. The highest BCUT2D eigenvalue weighted by atomic mass is 14.6. The van der Waals surface area contributed by atoms with Crippen LogP contribution in [0.2, 0.25) is 0 Å². The van der Waals surface area contributed by atoms with Gasteiger partial charge in [0.05, 0.1) is 0 Å². The number of nitrogens with two attached hydrogens (primary N) is 1. The van der Waals surface area contributed by atoms with Crippen molar-refractivity contribution < 1.29 is 0 Å². The average molecular weight is 243 g/mol. The molecule has 3 rings (SSSR count). The molecule has 0 amide bonds. The topological polar surface area (TPSA) is 26.0 Å². The van der Waals surface area contributed by atoms with E-state index in [2.05, 4.69) is 18.2 Å². The lowest BCUT2D eigenvalue weighted by atomic mass is 9.92. The van der Waals surface area contributed by atoms with Gasteiger partial charge in [-0.15, -0.1) is 0 Å². The van der Waals surface area contributed by atoms with Gasteiger partial charge in [-0.2, -0.15) is 0 Å². The van der Waals surface area contributed by atoms with E-state index in [0.29, 0.717) is 6.04 Å². The maximum Gasteiger partial charge on any atom is 0.00703 e. The number of hydrogen-bond acceptors (Lipinski definition) is 1. The molecule has 1 saturated carbocycles. The van der Waals surface area contributed by atoms with Gasteiger partial charge in [-0.05, 0) is 67.6 Å². The van der Waals surface area contributed by atoms with Crippen molar-refractivity contribution in [3.8, 4) is 0 Å². The van der Waals surface area contributed by atoms with Gasteiger partial charge in [-0.25, -0.2) is 0 Å². The number of benzene rings is 1. The van der Waals surface area contributed by atoms with Crippen LogP contribution in [-0.2, 0) is 19.3 Å². The molecule has 2 aliphatic rings. The van der Waals surface area contributed by atoms with Crippen LogP contribution in [0, 0.1) is 5.92 Å². The molecule has 1 atom stereocenters. The van der Waals surface area contributed by atoms with Crippen LogP contribution < -0.4 is 5.73 Å². The first kappa shape index (κ1) is 12.2. The van der Waals surface area contributed by atoms with E-state index < -0.39 is 0 Å². The van der Waals surface area contributed by atoms with E-state index in [0.717, 1.165) is 5.92 Å². The van der Waals surface area contributed by atoms with Crippen molar-refractivity contribution >= 4 is 0 Å². The summed E-state index contributed by atoms with van der Waals surface area (Å²) in [5, 5.41) is 0. The molecule has 18 heavy (non-hydrogen) atoms. The molecule has 1 aromatic rings. The minimum absolute atomic E-state index is 0.431. The van der Waals surface area contributed by atoms with Crippen molar-refractivity contribution in [3.05, 3.63) is 34.9 Å². The van der Waals surface area contributed by atoms with Crippen molar-refractivity contribution in [2.45, 2.75) is 63.8 Å². The molecule has 2 aliphatic carbocycles. The fourth-order valence-corrected chi connectivity index (χ4v) is 3.74. The van der Waals surface area contributed by atoms with E-state index in [-0.39, 0.29) is 0 Å². The van der Waals surface area contributed by atoms with E-state index in [1.54, 1.807) is 11.1 Å². The first-order chi connectivity index (χ1) is 8.83. The lowest BCUT2D eigenvalue weighted by Crippen LogP contribution is -2.28. The summed E-state index contributed by atoms with van der Waals surface area (Å²) in [6, 6.07) is 7.54. The SMILES string of the molecule is NC(CCc1ccc2c(c1)CCC2)C1CCCC1. The van der Waals surface area contributed by atoms with Gasteiger partial charge < -0.3 is 5.73 Å². The highest BCUT2D eigenvalue weighted by Crippen LogP contribution is 2.29. The van der Waals surface area contributed by atoms with Gasteiger partial charge in [-0.3, -0.25) is 0 Å². The molecule has 0 radical (unpaired) electrons. The standard InChI is InChI=1S/C17H25N/c18-17(15-4-1-2-5-15)11-9-13-8-10-14-6-3-7-16(14)12-13/h8,10,12,15,17H,1-7,9,11,18H2. The summed E-state index contributed by atoms with van der Waals surface area (Å²) in [7, 11) is 0. The molecule has 1 fully saturated rings. The Morgan fingerprint density at radius 1 is 1.06 bits per heavy atom. The molecule has 0 heterocycles. The molecule has 1 heteroatoms. The van der Waals surface area contributed by atoms with Crippen LogP contribution in [0.3, 0.4) is 0 Å². The normalized spacial score (nSPS) is 21.2. The van der Waals surface area contributed by atoms with E-state index >= 15 is 0 Å². The van der Waals surface area contributed by atoms with Crippen LogP contribution >= 0.6 is 0 Å². The number of hydrogen-bond donors (Lipinski definition) is 1. The zero-order valence-corrected chi connectivity index (χ0v) is 11.3. The lowest BCUT2D eigenvalue weighted by molar-refractivity contribution is 0.410. The minimum atomic E-state index is 0.431. The van der Waals surface area contributed by atoms with Gasteiger partial charge in [0, 0.05) is 6.04 Å². The Labute approximate surface area is 111 Å². The van der Waals surface area contributed by atoms with Crippen LogP contribution in [-0.4, -0.2) is 6.04 Å². The molecule has 98 valence electrons. The highest BCUT2D eigenvalue weighted by molar-refractivity contribution is 5.35. The monoisotopic (exact) mass is 243 g/mol. The second kappa shape index (κ2) is 5.44. The third kappa shape index (κ3) is 2.61. The molecule has 0 spiro atoms. The van der Waals surface area contributed by atoms with Crippen molar-refractivity contribution in [2.24, 2.45) is 11.7 Å². The second-order valence-corrected chi connectivity index (χ2v) is 6.20. The Morgan fingerprint density at radius 3 is 2.67 bits per heavy atom. The molecule has 0 aromatic heterocycles. The molecule has 0 bridgehead atoms. The summed E-state index contributed by atoms with van der Waals surface area (Å²) in [5.41, 5.74) is 11.0. The fraction of sp³-hybridized carbons (Fsp3) is 0.647. The van der Waals surface area contributed by atoms with Gasteiger partial charge in [0.1, 0.15) is 0 Å². The molecular weight excluding hydrogens is 218 g/mol. The van der Waals surface area contributed by atoms with Crippen LogP contribution in [0.15, 0.2) is 18.2 Å². The summed E-state index contributed by atoms with van der Waals surface area (Å²) in [5.74, 6) is 0.805. The Balaban J connectivity index is 1.56. The number of rotatable bonds is 4. The van der Waals surface area contributed by atoms with Crippen molar-refractivity contribution in [3.63, 3.8) is 0 Å². The van der Waals surface area contributed by atoms with E-state index in [1.807, 2.05) is 0 Å². The molecule has 2 N–H and O–H groups in total. The van der Waals surface area contributed by atoms with Gasteiger partial charge >= 0.3 is 0 Å². The smallest absolute Gasteiger partial charge is 0.00703 e. The highest BCUT2D eigenvalue weighted by Gasteiger charge is 2.21. The summed E-state index contributed by atoms with van der Waals surface area (Å²) >= 11 is 0. The summed E-state index contributed by atoms with van der Waals surface area (Å²) in [6.07, 6.45) is 11.8. The van der Waals surface area contributed by atoms with Gasteiger partial charge in [0.15, 0.2) is 0 Å². The van der Waals surface area contributed by atoms with Gasteiger partial charge in [-0.1, -0.05) is 31.0 Å². The predicted octanol–water partition coefficient (Wildman–Crippen LogP) is 3.63. The molecule has 0 saturated heterocycles. The van der Waals surface area contributed by atoms with Crippen LogP contribution in [0.5, 0.6) is 0 Å². The summed E-state index contributed by atoms with van der Waals surface area (Å²) in [4.78, 5) is 0. The molecule has 1 nitrogen and oxygen atoms in total. The Bertz CT molecular complexity index is 404. The Kier molecular flexibility index (Phi) is 3.69. The van der Waals surface area contributed by atoms with Crippen molar-refractivity contribution in [1.29, 1.82) is 0 Å². The van der Waals surface area contributed by atoms with E-state index in [4.69, 9.17) is 5.73 Å². The van der Waals surface area contributed by atoms with Crippen molar-refractivity contribution in [1.82, 2.24) is 0 Å². The quantitative estimate of drug-likeness (QED) is 0.858. The summed E-state index contributed by atoms with van der Waals surface area (Å²) in [6.45, 7) is 0. The van der Waals surface area contributed by atoms with E-state index in [9.17, 15) is 0 Å². The fourth-order valence-electron chi connectivity index (χ4n) is 3.74. The third-order valence-electron chi connectivity index (χ3n) is 4.93. The Morgan fingerprint density at radius 2 is 1.83 bits per heavy atom. The van der Waals surface area contributed by atoms with Gasteiger partial charge in [0.25, 0.3) is 0 Å². The maximum atomic E-state index is 6.34. The van der Waals surface area contributed by atoms with Gasteiger partial charge in [0.2, 0.25) is 0 Å². The largest absolute Gasteiger partial charge is 0.327 e. The molecule has 0 aliphatic heterocycles. The first-order valence-corrected chi connectivity index (χ1v) is 7.69. The zero-order chi connectivity index (χ0) is 12.4. The minimum Gasteiger partial charge on any atom is -0.327 e. The van der Waals surface area contributed by atoms with Crippen molar-refractivity contribution in [2.75, 3.05) is 0 Å². The van der Waals surface area contributed by atoms with Crippen LogP contribution in [0.4, 0.5) is 0 Å². The number of fused-ring (bicyclic) bond motifs is 1. The molecule has 1 unspecified atom stereocenters. The van der Waals surface area contributed by atoms with Crippen LogP contribution in [0.1, 0.15) is 55.2 Å². The number of aryl methyl sites for hydroxylation is 3. The first-order valence-electron chi connectivity index (χ1n) is 7.69. The Hall–Kier alpha value is -0.820. The molecule has 1 aromatic carbocycles. The van der Waals surface area contributed by atoms with Crippen LogP contribution in [0.25, 0.3) is 0 Å². The maximum absolute atomic E-state index is 6.34.